The summed E-state index contributed by atoms with van der Waals surface area (Å²) in [4.78, 5) is 2.37. The first-order chi connectivity index (χ1) is 7.68. The van der Waals surface area contributed by atoms with Gasteiger partial charge in [-0.15, -0.1) is 0 Å². The van der Waals surface area contributed by atoms with Gasteiger partial charge in [0.25, 0.3) is 0 Å². The van der Waals surface area contributed by atoms with Crippen molar-refractivity contribution >= 4 is 0 Å². The molecule has 0 saturated heterocycles. The first kappa shape index (κ1) is 11.6. The SMILES string of the molecule is CN(CCc1ccccc1)CC1(N)CCC1. The highest BCUT2D eigenvalue weighted by atomic mass is 15.1. The van der Waals surface area contributed by atoms with Crippen molar-refractivity contribution in [2.45, 2.75) is 31.2 Å². The summed E-state index contributed by atoms with van der Waals surface area (Å²) in [5.74, 6) is 0. The van der Waals surface area contributed by atoms with Crippen molar-refractivity contribution in [1.82, 2.24) is 4.90 Å². The summed E-state index contributed by atoms with van der Waals surface area (Å²) < 4.78 is 0. The Labute approximate surface area is 98.4 Å². The average Bonchev–Trinajstić information content (AvgIpc) is 2.26. The Bertz CT molecular complexity index is 317. The molecule has 2 N–H and O–H groups in total. The monoisotopic (exact) mass is 218 g/mol. The minimum Gasteiger partial charge on any atom is -0.324 e. The number of likely N-dealkylation sites (N-methyl/N-ethyl adjacent to an activating group) is 1. The molecule has 0 heterocycles. The Morgan fingerprint density at radius 2 is 1.94 bits per heavy atom. The normalized spacial score (nSPS) is 18.4. The fourth-order valence-corrected chi connectivity index (χ4v) is 2.37. The van der Waals surface area contributed by atoms with Crippen molar-refractivity contribution in [2.24, 2.45) is 5.73 Å². The standard InChI is InChI=1S/C14H22N2/c1-16(12-14(15)9-5-10-14)11-8-13-6-3-2-4-7-13/h2-4,6-7H,5,8-12,15H2,1H3. The van der Waals surface area contributed by atoms with Crippen LogP contribution in [0.15, 0.2) is 30.3 Å². The third-order valence-corrected chi connectivity index (χ3v) is 3.56. The number of hydrogen-bond donors (Lipinski definition) is 1. The van der Waals surface area contributed by atoms with E-state index in [1.54, 1.807) is 0 Å². The van der Waals surface area contributed by atoms with E-state index in [0.29, 0.717) is 0 Å². The van der Waals surface area contributed by atoms with E-state index in [1.807, 2.05) is 0 Å². The Kier molecular flexibility index (Phi) is 3.62. The maximum atomic E-state index is 6.23. The summed E-state index contributed by atoms with van der Waals surface area (Å²) in [6, 6.07) is 10.7. The highest BCUT2D eigenvalue weighted by molar-refractivity contribution is 5.14. The Hall–Kier alpha value is -0.860. The molecule has 0 spiro atoms. The summed E-state index contributed by atoms with van der Waals surface area (Å²) in [6.45, 7) is 2.14. The molecule has 2 nitrogen and oxygen atoms in total. The van der Waals surface area contributed by atoms with E-state index >= 15 is 0 Å². The van der Waals surface area contributed by atoms with Gasteiger partial charge in [0, 0.05) is 18.6 Å². The zero-order valence-electron chi connectivity index (χ0n) is 10.2. The first-order valence-electron chi connectivity index (χ1n) is 6.19. The predicted octanol–water partition coefficient (Wildman–Crippen LogP) is 2.04. The lowest BCUT2D eigenvalue weighted by Crippen LogP contribution is -2.54. The van der Waals surface area contributed by atoms with Crippen LogP contribution in [0.1, 0.15) is 24.8 Å². The van der Waals surface area contributed by atoms with E-state index in [1.165, 1.54) is 24.8 Å². The predicted molar refractivity (Wildman–Crippen MR) is 68.4 cm³/mol. The van der Waals surface area contributed by atoms with E-state index in [0.717, 1.165) is 19.5 Å². The maximum absolute atomic E-state index is 6.23. The van der Waals surface area contributed by atoms with Crippen LogP contribution in [0.5, 0.6) is 0 Å². The minimum atomic E-state index is 0.117. The zero-order chi connectivity index (χ0) is 11.4. The molecular formula is C14H22N2. The molecule has 2 heteroatoms. The van der Waals surface area contributed by atoms with Gasteiger partial charge in [0.15, 0.2) is 0 Å². The van der Waals surface area contributed by atoms with Crippen LogP contribution in [0.4, 0.5) is 0 Å². The molecule has 1 aliphatic carbocycles. The number of hydrogen-bond acceptors (Lipinski definition) is 2. The van der Waals surface area contributed by atoms with Gasteiger partial charge in [0.1, 0.15) is 0 Å². The summed E-state index contributed by atoms with van der Waals surface area (Å²) in [7, 11) is 2.18. The molecule has 1 aromatic rings. The number of benzene rings is 1. The van der Waals surface area contributed by atoms with Crippen LogP contribution in [-0.2, 0) is 6.42 Å². The molecule has 1 saturated carbocycles. The Morgan fingerprint density at radius 3 is 2.50 bits per heavy atom. The second-order valence-electron chi connectivity index (χ2n) is 5.19. The van der Waals surface area contributed by atoms with Crippen molar-refractivity contribution in [3.05, 3.63) is 35.9 Å². The van der Waals surface area contributed by atoms with Gasteiger partial charge < -0.3 is 10.6 Å². The van der Waals surface area contributed by atoms with Crippen molar-refractivity contribution in [3.8, 4) is 0 Å². The van der Waals surface area contributed by atoms with Crippen molar-refractivity contribution in [2.75, 3.05) is 20.1 Å². The molecule has 16 heavy (non-hydrogen) atoms. The first-order valence-corrected chi connectivity index (χ1v) is 6.19. The second kappa shape index (κ2) is 4.98. The smallest absolute Gasteiger partial charge is 0.0283 e. The van der Waals surface area contributed by atoms with Gasteiger partial charge >= 0.3 is 0 Å². The summed E-state index contributed by atoms with van der Waals surface area (Å²) in [5.41, 5.74) is 7.76. The van der Waals surface area contributed by atoms with Crippen molar-refractivity contribution in [3.63, 3.8) is 0 Å². The van der Waals surface area contributed by atoms with Crippen molar-refractivity contribution in [1.29, 1.82) is 0 Å². The number of nitrogens with zero attached hydrogens (tertiary/aromatic N) is 1. The van der Waals surface area contributed by atoms with Gasteiger partial charge in [-0.05, 0) is 38.3 Å². The van der Waals surface area contributed by atoms with E-state index < -0.39 is 0 Å². The van der Waals surface area contributed by atoms with Gasteiger partial charge in [-0.3, -0.25) is 0 Å². The van der Waals surface area contributed by atoms with Crippen LogP contribution in [0.2, 0.25) is 0 Å². The van der Waals surface area contributed by atoms with Gasteiger partial charge in [-0.1, -0.05) is 30.3 Å². The fraction of sp³-hybridized carbons (Fsp3) is 0.571. The molecule has 0 atom stereocenters. The zero-order valence-corrected chi connectivity index (χ0v) is 10.2. The molecule has 0 amide bonds. The average molecular weight is 218 g/mol. The van der Waals surface area contributed by atoms with Crippen LogP contribution >= 0.6 is 0 Å². The van der Waals surface area contributed by atoms with Gasteiger partial charge in [0.2, 0.25) is 0 Å². The number of nitrogens with two attached hydrogens (primary N) is 1. The third-order valence-electron chi connectivity index (χ3n) is 3.56. The molecule has 0 aliphatic heterocycles. The highest BCUT2D eigenvalue weighted by Gasteiger charge is 2.33. The van der Waals surface area contributed by atoms with Crippen LogP contribution in [0.25, 0.3) is 0 Å². The van der Waals surface area contributed by atoms with Crippen molar-refractivity contribution < 1.29 is 0 Å². The number of rotatable bonds is 5. The summed E-state index contributed by atoms with van der Waals surface area (Å²) in [5, 5.41) is 0. The highest BCUT2D eigenvalue weighted by Crippen LogP contribution is 2.29. The molecular weight excluding hydrogens is 196 g/mol. The molecule has 1 fully saturated rings. The molecule has 0 bridgehead atoms. The van der Waals surface area contributed by atoms with Crippen LogP contribution in [-0.4, -0.2) is 30.6 Å². The molecule has 0 aromatic heterocycles. The largest absolute Gasteiger partial charge is 0.324 e. The molecule has 0 radical (unpaired) electrons. The third kappa shape index (κ3) is 3.06. The lowest BCUT2D eigenvalue weighted by Gasteiger charge is -2.41. The maximum Gasteiger partial charge on any atom is 0.0283 e. The van der Waals surface area contributed by atoms with E-state index in [-0.39, 0.29) is 5.54 Å². The second-order valence-corrected chi connectivity index (χ2v) is 5.19. The summed E-state index contributed by atoms with van der Waals surface area (Å²) >= 11 is 0. The van der Waals surface area contributed by atoms with E-state index in [9.17, 15) is 0 Å². The lowest BCUT2D eigenvalue weighted by atomic mass is 9.77. The molecule has 1 aromatic carbocycles. The van der Waals surface area contributed by atoms with Gasteiger partial charge in [-0.25, -0.2) is 0 Å². The van der Waals surface area contributed by atoms with E-state index in [2.05, 4.69) is 42.3 Å². The molecule has 1 aliphatic rings. The van der Waals surface area contributed by atoms with Gasteiger partial charge in [-0.2, -0.15) is 0 Å². The quantitative estimate of drug-likeness (QED) is 0.819. The summed E-state index contributed by atoms with van der Waals surface area (Å²) in [6.07, 6.45) is 4.82. The van der Waals surface area contributed by atoms with Crippen LogP contribution < -0.4 is 5.73 Å². The molecule has 0 unspecified atom stereocenters. The fourth-order valence-electron chi connectivity index (χ4n) is 2.37. The van der Waals surface area contributed by atoms with E-state index in [4.69, 9.17) is 5.73 Å². The Morgan fingerprint density at radius 1 is 1.25 bits per heavy atom. The van der Waals surface area contributed by atoms with Crippen LogP contribution in [0.3, 0.4) is 0 Å². The Balaban J connectivity index is 1.73. The lowest BCUT2D eigenvalue weighted by molar-refractivity contribution is 0.166. The minimum absolute atomic E-state index is 0.117. The van der Waals surface area contributed by atoms with Gasteiger partial charge in [0.05, 0.1) is 0 Å². The topological polar surface area (TPSA) is 29.3 Å². The molecule has 88 valence electrons. The molecule has 2 rings (SSSR count). The van der Waals surface area contributed by atoms with Crippen LogP contribution in [0, 0.1) is 0 Å².